The standard InChI is InChI=1S/C9H8F3NO3.C7H7NO3.C3H5F3O3S.CH2O3.2Cs.H/c1-16-8(15)6-3-2-4-7(14)13(6)5-9(10,11)12;1-11-7(10)5-3-2-4-6(9)8-5;1-10(7,8)9-2-3(4,5)6;2-1-4-3;;;/h2-4H,5H2,1H3;2-4H,1H3,(H,8,9);2H2,1H3;1,3H;;;/q;;;;2*+1;-1/p-1. The summed E-state index contributed by atoms with van der Waals surface area (Å²) < 4.78 is 102. The third kappa shape index (κ3) is 27.9. The van der Waals surface area contributed by atoms with Crippen LogP contribution in [0, 0.1) is 0 Å². The topological polar surface area (TPSA) is 200 Å². The molecule has 2 aromatic heterocycles. The van der Waals surface area contributed by atoms with Crippen molar-refractivity contribution >= 4 is 28.5 Å². The Bertz CT molecular complexity index is 1360. The fraction of sp³-hybridized carbons (Fsp3) is 0.350. The fourth-order valence-electron chi connectivity index (χ4n) is 2.00. The number of nitrogens with one attached hydrogen (secondary N) is 1. The van der Waals surface area contributed by atoms with Crippen molar-refractivity contribution in [3.63, 3.8) is 0 Å². The fourth-order valence-corrected chi connectivity index (χ4v) is 2.34. The molecule has 14 nitrogen and oxygen atoms in total. The zero-order valence-corrected chi connectivity index (χ0v) is 36.4. The summed E-state index contributed by atoms with van der Waals surface area (Å²) >= 11 is 0. The van der Waals surface area contributed by atoms with Crippen LogP contribution in [0.25, 0.3) is 0 Å². The van der Waals surface area contributed by atoms with Crippen LogP contribution in [-0.2, 0) is 40.0 Å². The van der Waals surface area contributed by atoms with Crippen LogP contribution in [0.5, 0.6) is 0 Å². The Morgan fingerprint density at radius 1 is 0.953 bits per heavy atom. The van der Waals surface area contributed by atoms with Crippen molar-refractivity contribution in [2.24, 2.45) is 0 Å². The van der Waals surface area contributed by atoms with Crippen molar-refractivity contribution in [1.82, 2.24) is 9.55 Å². The molecule has 0 spiro atoms. The number of pyridine rings is 2. The minimum Gasteiger partial charge on any atom is -1.00 e. The Morgan fingerprint density at radius 2 is 1.44 bits per heavy atom. The number of esters is 2. The van der Waals surface area contributed by atoms with Crippen molar-refractivity contribution in [2.45, 2.75) is 18.9 Å². The largest absolute Gasteiger partial charge is 1.00 e. The summed E-state index contributed by atoms with van der Waals surface area (Å²) in [6.45, 7) is -3.46. The second-order valence-electron chi connectivity index (χ2n) is 6.64. The summed E-state index contributed by atoms with van der Waals surface area (Å²) in [7, 11) is -1.69. The number of carbonyl (C=O) groups excluding carboxylic acids is 3. The van der Waals surface area contributed by atoms with E-state index in [2.05, 4.69) is 23.5 Å². The molecular formula is C20H22Cs2F6N2O12S. The van der Waals surface area contributed by atoms with Gasteiger partial charge in [-0.05, 0) is 12.1 Å². The maximum Gasteiger partial charge on any atom is 1.00 e. The van der Waals surface area contributed by atoms with E-state index in [9.17, 15) is 53.9 Å². The zero-order valence-electron chi connectivity index (χ0n) is 24.0. The molecule has 0 radical (unpaired) electrons. The Balaban J connectivity index is -0.000000162. The first-order valence-corrected chi connectivity index (χ1v) is 11.8. The van der Waals surface area contributed by atoms with E-state index in [1.807, 2.05) is 0 Å². The van der Waals surface area contributed by atoms with E-state index in [-0.39, 0.29) is 157 Å². The molecule has 1 N–H and O–H groups in total. The van der Waals surface area contributed by atoms with E-state index >= 15 is 0 Å². The Labute approximate surface area is 358 Å². The van der Waals surface area contributed by atoms with Crippen LogP contribution in [0.3, 0.4) is 0 Å². The third-order valence-corrected chi connectivity index (χ3v) is 3.98. The number of aromatic nitrogens is 2. The van der Waals surface area contributed by atoms with Crippen molar-refractivity contribution in [2.75, 3.05) is 27.1 Å². The van der Waals surface area contributed by atoms with Gasteiger partial charge < -0.3 is 26.0 Å². The quantitative estimate of drug-likeness (QED) is 0.0722. The number of halogens is 6. The molecule has 0 aliphatic heterocycles. The van der Waals surface area contributed by atoms with Gasteiger partial charge in [0.1, 0.15) is 17.9 Å². The van der Waals surface area contributed by atoms with E-state index < -0.39 is 58.8 Å². The molecule has 0 aliphatic rings. The second-order valence-corrected chi connectivity index (χ2v) is 8.28. The second kappa shape index (κ2) is 25.0. The van der Waals surface area contributed by atoms with Gasteiger partial charge in [-0.2, -0.15) is 34.8 Å². The maximum absolute atomic E-state index is 12.2. The number of hydrogen-bond acceptors (Lipinski definition) is 12. The maximum atomic E-state index is 12.2. The molecule has 2 rings (SSSR count). The molecule has 0 unspecified atom stereocenters. The van der Waals surface area contributed by atoms with Gasteiger partial charge in [-0.3, -0.25) is 23.1 Å². The molecule has 0 fully saturated rings. The van der Waals surface area contributed by atoms with E-state index in [0.29, 0.717) is 10.8 Å². The van der Waals surface area contributed by atoms with Gasteiger partial charge in [0.15, 0.2) is 6.61 Å². The number of rotatable bonds is 6. The molecule has 234 valence electrons. The monoisotopic (exact) mass is 894 g/mol. The molecule has 2 heterocycles. The number of nitrogens with zero attached hydrogens (tertiary/aromatic N) is 1. The number of carbonyl (C=O) groups is 3. The van der Waals surface area contributed by atoms with Gasteiger partial charge in [0.25, 0.3) is 22.1 Å². The molecule has 0 aliphatic carbocycles. The van der Waals surface area contributed by atoms with Gasteiger partial charge >= 0.3 is 162 Å². The summed E-state index contributed by atoms with van der Waals surface area (Å²) in [6.07, 6.45) is -8.62. The van der Waals surface area contributed by atoms with Gasteiger partial charge in [0.05, 0.1) is 20.5 Å². The Morgan fingerprint density at radius 3 is 1.79 bits per heavy atom. The number of hydrogen-bond donors (Lipinski definition) is 1. The molecular weight excluding hydrogens is 872 g/mol. The average Bonchev–Trinajstić information content (AvgIpc) is 2.87. The molecule has 0 atom stereocenters. The van der Waals surface area contributed by atoms with Gasteiger partial charge in [-0.15, -0.1) is 0 Å². The van der Waals surface area contributed by atoms with Gasteiger partial charge in [0.2, 0.25) is 5.56 Å². The molecule has 0 aromatic carbocycles. The SMILES string of the molecule is COC(=O)c1cccc(=O)[nH]1.COC(=O)c1cccc(=O)n1CC(F)(F)F.CS(=O)(=O)OCC(F)(F)F.O=CO[O-].[Cs+].[Cs+].[H-]. The molecule has 43 heavy (non-hydrogen) atoms. The summed E-state index contributed by atoms with van der Waals surface area (Å²) in [4.78, 5) is 57.3. The first kappa shape index (κ1) is 49.7. The van der Waals surface area contributed by atoms with Crippen LogP contribution in [-0.4, -0.2) is 75.8 Å². The number of methoxy groups -OCH3 is 2. The number of ether oxygens (including phenoxy) is 2. The molecule has 0 saturated heterocycles. The normalized spacial score (nSPS) is 10.2. The summed E-state index contributed by atoms with van der Waals surface area (Å²) in [5, 5.41) is 8.43. The molecule has 2 aromatic rings. The van der Waals surface area contributed by atoms with E-state index in [1.165, 1.54) is 31.4 Å². The molecule has 0 amide bonds. The molecule has 0 bridgehead atoms. The van der Waals surface area contributed by atoms with Gasteiger partial charge in [0, 0.05) is 12.1 Å². The van der Waals surface area contributed by atoms with E-state index in [0.717, 1.165) is 19.2 Å². The summed E-state index contributed by atoms with van der Waals surface area (Å²) in [5.41, 5.74) is -1.47. The van der Waals surface area contributed by atoms with Gasteiger partial charge in [-0.1, -0.05) is 12.1 Å². The Kier molecular flexibility index (Phi) is 28.9. The van der Waals surface area contributed by atoms with Gasteiger partial charge in [-0.25, -0.2) is 9.59 Å². The number of aromatic amines is 1. The summed E-state index contributed by atoms with van der Waals surface area (Å²) in [6, 6.07) is 7.53. The smallest absolute Gasteiger partial charge is 1.00 e. The average molecular weight is 894 g/mol. The van der Waals surface area contributed by atoms with Crippen molar-refractivity contribution in [3.8, 4) is 0 Å². The number of H-pyrrole nitrogens is 1. The van der Waals surface area contributed by atoms with E-state index in [1.54, 1.807) is 0 Å². The van der Waals surface area contributed by atoms with E-state index in [4.69, 9.17) is 10.1 Å². The van der Waals surface area contributed by atoms with Crippen molar-refractivity contribution in [1.29, 1.82) is 0 Å². The minimum absolute atomic E-state index is 0. The van der Waals surface area contributed by atoms with Crippen molar-refractivity contribution in [3.05, 3.63) is 68.5 Å². The first-order chi connectivity index (χ1) is 18.7. The van der Waals surface area contributed by atoms with Crippen LogP contribution in [0.15, 0.2) is 46.0 Å². The predicted octanol–water partition coefficient (Wildman–Crippen LogP) is -5.56. The third-order valence-electron chi connectivity index (χ3n) is 3.43. The minimum atomic E-state index is -4.59. The van der Waals surface area contributed by atoms with Crippen molar-refractivity contribution < 1.29 is 212 Å². The Hall–Kier alpha value is -0.136. The summed E-state index contributed by atoms with van der Waals surface area (Å²) in [5.74, 6) is -1.52. The molecule has 23 heteroatoms. The first-order valence-electron chi connectivity index (χ1n) is 9.97. The van der Waals surface area contributed by atoms with Crippen LogP contribution in [0.1, 0.15) is 22.4 Å². The van der Waals surface area contributed by atoms with Crippen LogP contribution >= 0.6 is 0 Å². The van der Waals surface area contributed by atoms with Crippen LogP contribution < -0.4 is 154 Å². The van der Waals surface area contributed by atoms with Crippen LogP contribution in [0.4, 0.5) is 26.3 Å². The molecule has 0 saturated carbocycles. The van der Waals surface area contributed by atoms with Crippen LogP contribution in [0.2, 0.25) is 0 Å². The zero-order chi connectivity index (χ0) is 32.4. The number of alkyl halides is 6. The predicted molar refractivity (Wildman–Crippen MR) is 122 cm³/mol.